The Bertz CT molecular complexity index is 2500. The molecule has 41 heteroatoms. The van der Waals surface area contributed by atoms with Gasteiger partial charge in [-0.15, -0.1) is 0 Å². The summed E-state index contributed by atoms with van der Waals surface area (Å²) in [6, 6.07) is 0. The van der Waals surface area contributed by atoms with Crippen LogP contribution in [0.2, 0.25) is 0 Å². The minimum atomic E-state index is -5.89. The molecule has 2 aromatic rings. The van der Waals surface area contributed by atoms with E-state index in [2.05, 4.69) is 50.9 Å². The summed E-state index contributed by atoms with van der Waals surface area (Å²) in [4.78, 5) is 108. The molecule has 0 radical (unpaired) electrons. The zero-order valence-electron chi connectivity index (χ0n) is 34.2. The van der Waals surface area contributed by atoms with Crippen LogP contribution in [0.25, 0.3) is 0 Å². The van der Waals surface area contributed by atoms with Crippen molar-refractivity contribution in [3.05, 3.63) is 44.5 Å². The van der Waals surface area contributed by atoms with E-state index in [-0.39, 0.29) is 54.0 Å². The first-order valence-electron chi connectivity index (χ1n) is 18.2. The van der Waals surface area contributed by atoms with Crippen LogP contribution in [0.4, 0.5) is 11.6 Å². The highest BCUT2D eigenvalue weighted by Gasteiger charge is 2.45. The fraction of sp³-hybridized carbons (Fsp3) is 0.556. The summed E-state index contributed by atoms with van der Waals surface area (Å²) in [5.41, 5.74) is 15.4. The third kappa shape index (κ3) is 19.1. The molecular formula is C27H41N7O26P6S2. The number of phosphoric acid groups is 6. The summed E-state index contributed by atoms with van der Waals surface area (Å²) in [5.74, 6) is 9.73. The number of nitrogens with zero attached hydrogens (tertiary/aromatic N) is 4. The largest absolute Gasteiger partial charge is 0.490 e. The molecular weight excluding hydrogens is 1090 g/mol. The SMILES string of the molecule is CCC#Cc1cn([C@H]2CC(OCSSCOC3C[C@H](n4cc(C#CCN)c(N)nc4=O)O[C@@H]3COP(=O)(O)OP(=O)(O)OP(=O)(O)O)[C@@H](COP(=O)(O)OP(=O)(O)OP(=O)(O)O)O2)c(=O)nc1N. The Morgan fingerprint density at radius 3 is 1.40 bits per heavy atom. The van der Waals surface area contributed by atoms with Crippen molar-refractivity contribution in [3.63, 3.8) is 0 Å². The van der Waals surface area contributed by atoms with E-state index < -0.39 is 108 Å². The lowest BCUT2D eigenvalue weighted by Crippen LogP contribution is -2.30. The van der Waals surface area contributed by atoms with Gasteiger partial charge in [0.2, 0.25) is 0 Å². The molecule has 4 heterocycles. The summed E-state index contributed by atoms with van der Waals surface area (Å²) >= 11 is 0. The van der Waals surface area contributed by atoms with E-state index in [9.17, 15) is 56.6 Å². The van der Waals surface area contributed by atoms with E-state index in [1.54, 1.807) is 6.92 Å². The smallest absolute Gasteiger partial charge is 0.382 e. The molecule has 6 unspecified atom stereocenters. The first-order valence-corrected chi connectivity index (χ1v) is 29.7. The van der Waals surface area contributed by atoms with E-state index in [0.717, 1.165) is 30.7 Å². The van der Waals surface area contributed by atoms with Crippen molar-refractivity contribution in [1.29, 1.82) is 0 Å². The maximum atomic E-state index is 12.9. The van der Waals surface area contributed by atoms with Gasteiger partial charge in [-0.05, 0) is 0 Å². The lowest BCUT2D eigenvalue weighted by atomic mass is 10.2. The van der Waals surface area contributed by atoms with Crippen LogP contribution in [0.5, 0.6) is 0 Å². The summed E-state index contributed by atoms with van der Waals surface area (Å²) in [6.07, 6.45) is -5.03. The number of hydrogen-bond acceptors (Lipinski definition) is 25. The highest BCUT2D eigenvalue weighted by atomic mass is 33.1. The molecule has 2 aromatic heterocycles. The molecule has 0 bridgehead atoms. The first kappa shape index (κ1) is 58.4. The summed E-state index contributed by atoms with van der Waals surface area (Å²) in [5, 5.41) is 0. The van der Waals surface area contributed by atoms with E-state index in [0.29, 0.717) is 6.42 Å². The number of ether oxygens (including phenoxy) is 4. The number of nitrogens with two attached hydrogens (primary N) is 3. The highest BCUT2D eigenvalue weighted by Crippen LogP contribution is 2.67. The fourth-order valence-electron chi connectivity index (χ4n) is 5.53. The molecule has 2 aliphatic heterocycles. The standard InChI is InChI=1S/C27H41N7O26P6S2/c1-2-3-5-16-10-33(26(35)31-24(16)29)22-8-18(20(55-22)12-53-63(43,44)59-65(47,48)57-61(37,38)39)51-14-67-68-15-52-19-9-23(34-11-17(6-4-7-28)25(30)32-27(34)36)56-21(19)13-54-64(45,46)60-66(49,50)58-62(40,41)42/h10-11,18-23H,2,7-9,12-15,28H2,1H3,(H,43,44)(H,45,46)(H,47,48)(H,49,50)(H2,29,31,35)(H2,30,32,36)(H2,37,38,39)(H2,40,41,42)/t18?,19?,20-,21-,22-,23-/m1/s1. The molecule has 0 spiro atoms. The molecule has 0 amide bonds. The molecule has 2 aliphatic rings. The number of aromatic nitrogens is 4. The van der Waals surface area contributed by atoms with Crippen molar-refractivity contribution in [2.45, 2.75) is 63.1 Å². The molecule has 68 heavy (non-hydrogen) atoms. The van der Waals surface area contributed by atoms with Crippen LogP contribution < -0.4 is 28.6 Å². The number of anilines is 2. The third-order valence-corrected chi connectivity index (χ3v) is 17.4. The van der Waals surface area contributed by atoms with Crippen molar-refractivity contribution in [2.75, 3.05) is 43.1 Å². The summed E-state index contributed by atoms with van der Waals surface area (Å²) < 4.78 is 121. The van der Waals surface area contributed by atoms with Gasteiger partial charge < -0.3 is 75.3 Å². The van der Waals surface area contributed by atoms with Crippen molar-refractivity contribution < 1.29 is 112 Å². The average Bonchev–Trinajstić information content (AvgIpc) is 3.77. The molecule has 33 nitrogen and oxygen atoms in total. The van der Waals surface area contributed by atoms with Gasteiger partial charge in [-0.2, -0.15) is 27.2 Å². The Balaban J connectivity index is 1.46. The molecule has 0 saturated carbocycles. The van der Waals surface area contributed by atoms with E-state index in [1.807, 2.05) is 0 Å². The topological polar surface area (TPSA) is 504 Å². The molecule has 2 fully saturated rings. The van der Waals surface area contributed by atoms with Crippen LogP contribution in [0, 0.1) is 23.7 Å². The first-order chi connectivity index (χ1) is 31.4. The minimum absolute atomic E-state index is 0.0678. The predicted octanol–water partition coefficient (Wildman–Crippen LogP) is 0.0647. The van der Waals surface area contributed by atoms with Gasteiger partial charge in [-0.1, -0.05) is 52.2 Å². The zero-order valence-corrected chi connectivity index (χ0v) is 41.2. The van der Waals surface area contributed by atoms with Crippen LogP contribution in [-0.4, -0.2) is 114 Å². The maximum absolute atomic E-state index is 12.9. The molecule has 4 rings (SSSR count). The normalized spacial score (nSPS) is 24.4. The fourth-order valence-corrected chi connectivity index (χ4v) is 12.9. The Kier molecular flexibility index (Phi) is 21.0. The van der Waals surface area contributed by atoms with Gasteiger partial charge in [-0.3, -0.25) is 18.2 Å². The van der Waals surface area contributed by atoms with Gasteiger partial charge in [-0.25, -0.2) is 37.0 Å². The van der Waals surface area contributed by atoms with Crippen molar-refractivity contribution >= 4 is 80.2 Å². The van der Waals surface area contributed by atoms with Crippen LogP contribution in [0.15, 0.2) is 22.0 Å². The molecule has 0 aromatic carbocycles. The van der Waals surface area contributed by atoms with Gasteiger partial charge in [0.1, 0.15) is 48.2 Å². The Labute approximate surface area is 389 Å². The van der Waals surface area contributed by atoms with Crippen LogP contribution in [0.1, 0.15) is 49.8 Å². The van der Waals surface area contributed by atoms with Gasteiger partial charge in [0.25, 0.3) is 0 Å². The van der Waals surface area contributed by atoms with Gasteiger partial charge in [0, 0.05) is 31.7 Å². The number of phosphoric ester groups is 2. The number of hydrogen-bond donors (Lipinski definition) is 11. The number of rotatable bonds is 23. The molecule has 10 atom stereocenters. The maximum Gasteiger partial charge on any atom is 0.490 e. The molecule has 382 valence electrons. The second kappa shape index (κ2) is 24.5. The Morgan fingerprint density at radius 2 is 1.04 bits per heavy atom. The van der Waals surface area contributed by atoms with Crippen LogP contribution in [-0.2, 0) is 72.6 Å². The van der Waals surface area contributed by atoms with E-state index >= 15 is 0 Å². The Morgan fingerprint density at radius 1 is 0.662 bits per heavy atom. The summed E-state index contributed by atoms with van der Waals surface area (Å²) in [7, 11) is -32.5. The lowest BCUT2D eigenvalue weighted by molar-refractivity contribution is -0.0546. The van der Waals surface area contributed by atoms with Gasteiger partial charge in [0.05, 0.1) is 43.1 Å². The van der Waals surface area contributed by atoms with Crippen LogP contribution >= 0.6 is 68.5 Å². The lowest BCUT2D eigenvalue weighted by Gasteiger charge is -2.21. The Hall–Kier alpha value is -2.20. The molecule has 2 saturated heterocycles. The van der Waals surface area contributed by atoms with Gasteiger partial charge >= 0.3 is 58.3 Å². The average molecular weight is 1130 g/mol. The summed E-state index contributed by atoms with van der Waals surface area (Å²) in [6.45, 7) is -0.280. The van der Waals surface area contributed by atoms with Crippen LogP contribution in [0.3, 0.4) is 0 Å². The van der Waals surface area contributed by atoms with Crippen molar-refractivity contribution in [1.82, 2.24) is 19.1 Å². The zero-order chi connectivity index (χ0) is 50.9. The molecule has 0 aliphatic carbocycles. The predicted molar refractivity (Wildman–Crippen MR) is 230 cm³/mol. The molecule has 14 N–H and O–H groups in total. The van der Waals surface area contributed by atoms with Crippen molar-refractivity contribution in [2.24, 2.45) is 5.73 Å². The quantitative estimate of drug-likeness (QED) is 0.0230. The monoisotopic (exact) mass is 1130 g/mol. The number of nitrogen functional groups attached to an aromatic ring is 2. The van der Waals surface area contributed by atoms with Gasteiger partial charge in [0.15, 0.2) is 0 Å². The second-order valence-corrected chi connectivity index (χ2v) is 24.2. The third-order valence-electron chi connectivity index (χ3n) is 8.05. The van der Waals surface area contributed by atoms with E-state index in [4.69, 9.17) is 64.8 Å². The second-order valence-electron chi connectivity index (χ2n) is 13.0. The highest BCUT2D eigenvalue weighted by molar-refractivity contribution is 8.76. The minimum Gasteiger partial charge on any atom is -0.382 e. The van der Waals surface area contributed by atoms with E-state index in [1.165, 1.54) is 12.4 Å². The van der Waals surface area contributed by atoms with Crippen molar-refractivity contribution in [3.8, 4) is 23.7 Å².